The number of nitriles is 1. The minimum Gasteiger partial charge on any atom is -0.454 e. The molecule has 0 amide bonds. The van der Waals surface area contributed by atoms with Crippen molar-refractivity contribution in [2.24, 2.45) is 5.73 Å². The van der Waals surface area contributed by atoms with E-state index >= 15 is 0 Å². The number of hydrogen-bond donors (Lipinski definition) is 1. The van der Waals surface area contributed by atoms with E-state index in [1.807, 2.05) is 35.2 Å². The maximum Gasteiger partial charge on any atom is 0.231 e. The molecule has 2 heterocycles. The van der Waals surface area contributed by atoms with Crippen LogP contribution in [0.2, 0.25) is 5.02 Å². The molecule has 5 rings (SSSR count). The van der Waals surface area contributed by atoms with Gasteiger partial charge in [-0.2, -0.15) is 5.26 Å². The van der Waals surface area contributed by atoms with Gasteiger partial charge in [-0.15, -0.1) is 0 Å². The molecule has 0 aromatic heterocycles. The molecule has 3 aliphatic rings. The van der Waals surface area contributed by atoms with E-state index in [2.05, 4.69) is 6.07 Å². The third-order valence-corrected chi connectivity index (χ3v) is 5.98. The summed E-state index contributed by atoms with van der Waals surface area (Å²) in [6.45, 7) is 0.157. The zero-order chi connectivity index (χ0) is 20.8. The lowest BCUT2D eigenvalue weighted by atomic mass is 9.75. The van der Waals surface area contributed by atoms with Gasteiger partial charge in [-0.05, 0) is 54.8 Å². The lowest BCUT2D eigenvalue weighted by Crippen LogP contribution is -2.38. The normalized spacial score (nSPS) is 20.3. The van der Waals surface area contributed by atoms with Crippen molar-refractivity contribution in [2.75, 3.05) is 11.7 Å². The molecule has 7 heteroatoms. The van der Waals surface area contributed by atoms with Crippen LogP contribution in [0.1, 0.15) is 30.7 Å². The summed E-state index contributed by atoms with van der Waals surface area (Å²) in [5.41, 5.74) is 9.92. The van der Waals surface area contributed by atoms with Gasteiger partial charge < -0.3 is 15.2 Å². The molecule has 2 aromatic carbocycles. The van der Waals surface area contributed by atoms with Crippen molar-refractivity contribution in [1.82, 2.24) is 0 Å². The molecule has 0 fully saturated rings. The number of nitrogens with two attached hydrogens (primary N) is 1. The molecule has 0 bridgehead atoms. The average Bonchev–Trinajstić information content (AvgIpc) is 3.22. The quantitative estimate of drug-likeness (QED) is 0.777. The molecule has 1 aliphatic carbocycles. The fourth-order valence-corrected chi connectivity index (χ4v) is 4.52. The molecule has 0 unspecified atom stereocenters. The number of halogens is 1. The predicted octanol–water partition coefficient (Wildman–Crippen LogP) is 4.37. The van der Waals surface area contributed by atoms with Gasteiger partial charge in [0.15, 0.2) is 17.3 Å². The predicted molar refractivity (Wildman–Crippen MR) is 112 cm³/mol. The summed E-state index contributed by atoms with van der Waals surface area (Å²) in [7, 11) is 0. The number of carbonyl (C=O) groups is 1. The van der Waals surface area contributed by atoms with E-state index in [1.165, 1.54) is 0 Å². The monoisotopic (exact) mass is 419 g/mol. The molecule has 150 valence electrons. The third-order valence-electron chi connectivity index (χ3n) is 5.73. The first-order valence-corrected chi connectivity index (χ1v) is 10.1. The second-order valence-electron chi connectivity index (χ2n) is 7.41. The van der Waals surface area contributed by atoms with Gasteiger partial charge in [-0.1, -0.05) is 17.7 Å². The number of benzene rings is 2. The molecule has 6 nitrogen and oxygen atoms in total. The average molecular weight is 420 g/mol. The molecular formula is C23H18ClN3O3. The van der Waals surface area contributed by atoms with Crippen LogP contribution >= 0.6 is 11.6 Å². The lowest BCUT2D eigenvalue weighted by Gasteiger charge is -2.39. The van der Waals surface area contributed by atoms with Gasteiger partial charge in [0.05, 0.1) is 17.6 Å². The number of rotatable bonds is 2. The van der Waals surface area contributed by atoms with E-state index in [0.29, 0.717) is 46.3 Å². The molecule has 0 saturated heterocycles. The van der Waals surface area contributed by atoms with E-state index in [1.54, 1.807) is 12.1 Å². The van der Waals surface area contributed by atoms with Gasteiger partial charge in [-0.25, -0.2) is 0 Å². The number of carbonyl (C=O) groups excluding carboxylic acids is 1. The molecule has 2 N–H and O–H groups in total. The molecule has 0 saturated carbocycles. The molecule has 0 radical (unpaired) electrons. The lowest BCUT2D eigenvalue weighted by molar-refractivity contribution is -0.116. The Hall–Kier alpha value is -3.43. The highest BCUT2D eigenvalue weighted by Crippen LogP contribution is 2.47. The highest BCUT2D eigenvalue weighted by atomic mass is 35.5. The summed E-state index contributed by atoms with van der Waals surface area (Å²) in [4.78, 5) is 14.9. The zero-order valence-corrected chi connectivity index (χ0v) is 16.8. The van der Waals surface area contributed by atoms with E-state index in [-0.39, 0.29) is 12.6 Å². The van der Waals surface area contributed by atoms with Gasteiger partial charge in [0.25, 0.3) is 0 Å². The Morgan fingerprint density at radius 1 is 1.10 bits per heavy atom. The van der Waals surface area contributed by atoms with Crippen molar-refractivity contribution in [3.05, 3.63) is 75.7 Å². The Labute approximate surface area is 178 Å². The van der Waals surface area contributed by atoms with Crippen LogP contribution in [0.3, 0.4) is 0 Å². The van der Waals surface area contributed by atoms with Crippen molar-refractivity contribution in [3.63, 3.8) is 0 Å². The highest BCUT2D eigenvalue weighted by molar-refractivity contribution is 6.30. The molecule has 1 atom stereocenters. The summed E-state index contributed by atoms with van der Waals surface area (Å²) in [5.74, 6) is 1.09. The maximum absolute atomic E-state index is 13.1. The van der Waals surface area contributed by atoms with Crippen LogP contribution in [0.15, 0.2) is 65.1 Å². The Balaban J connectivity index is 1.72. The summed E-state index contributed by atoms with van der Waals surface area (Å²) in [5, 5.41) is 10.6. The number of fused-ring (bicyclic) bond motifs is 1. The number of allylic oxidation sites excluding steroid dienone is 3. The summed E-state index contributed by atoms with van der Waals surface area (Å²) < 4.78 is 10.9. The van der Waals surface area contributed by atoms with Gasteiger partial charge >= 0.3 is 0 Å². The largest absolute Gasteiger partial charge is 0.454 e. The third kappa shape index (κ3) is 2.82. The van der Waals surface area contributed by atoms with Crippen LogP contribution in [0.25, 0.3) is 0 Å². The van der Waals surface area contributed by atoms with Crippen LogP contribution in [-0.2, 0) is 4.79 Å². The number of anilines is 1. The Morgan fingerprint density at radius 3 is 2.63 bits per heavy atom. The summed E-state index contributed by atoms with van der Waals surface area (Å²) in [6.07, 6.45) is 1.89. The highest BCUT2D eigenvalue weighted by Gasteiger charge is 2.40. The standard InChI is InChI=1S/C23H18ClN3O3/c24-14-5-7-15(8-6-14)27-17-2-1-3-18(28)22(17)21(16(11-25)23(27)26)13-4-9-19-20(10-13)30-12-29-19/h4-10,21H,1-3,12,26H2/t21-/m1/s1. The first-order chi connectivity index (χ1) is 14.6. The van der Waals surface area contributed by atoms with Gasteiger partial charge in [0.1, 0.15) is 5.82 Å². The second kappa shape index (κ2) is 7.12. The topological polar surface area (TPSA) is 88.6 Å². The Bertz CT molecular complexity index is 1160. The van der Waals surface area contributed by atoms with Gasteiger partial charge in [0, 0.05) is 28.4 Å². The van der Waals surface area contributed by atoms with Gasteiger partial charge in [0.2, 0.25) is 6.79 Å². The molecule has 2 aromatic rings. The summed E-state index contributed by atoms with van der Waals surface area (Å²) in [6, 6.07) is 15.0. The number of nitrogens with zero attached hydrogens (tertiary/aromatic N) is 2. The van der Waals surface area contributed by atoms with E-state index < -0.39 is 5.92 Å². The van der Waals surface area contributed by atoms with Crippen molar-refractivity contribution in [2.45, 2.75) is 25.2 Å². The van der Waals surface area contributed by atoms with Crippen LogP contribution in [0.5, 0.6) is 11.5 Å². The number of Topliss-reactive ketones (excluding diaryl/α,β-unsaturated/α-hetero) is 1. The van der Waals surface area contributed by atoms with Crippen LogP contribution in [0, 0.1) is 11.3 Å². The number of ether oxygens (including phenoxy) is 2. The number of ketones is 1. The zero-order valence-electron chi connectivity index (χ0n) is 16.0. The van der Waals surface area contributed by atoms with E-state index in [0.717, 1.165) is 23.4 Å². The first-order valence-electron chi connectivity index (χ1n) is 9.69. The molecular weight excluding hydrogens is 402 g/mol. The molecule has 2 aliphatic heterocycles. The van der Waals surface area contributed by atoms with Crippen molar-refractivity contribution in [1.29, 1.82) is 5.26 Å². The van der Waals surface area contributed by atoms with Crippen LogP contribution < -0.4 is 20.1 Å². The van der Waals surface area contributed by atoms with Crippen molar-refractivity contribution >= 4 is 23.1 Å². The van der Waals surface area contributed by atoms with Crippen molar-refractivity contribution < 1.29 is 14.3 Å². The first kappa shape index (κ1) is 18.6. The minimum atomic E-state index is -0.532. The fraction of sp³-hybridized carbons (Fsp3) is 0.217. The van der Waals surface area contributed by atoms with Gasteiger partial charge in [-0.3, -0.25) is 9.69 Å². The van der Waals surface area contributed by atoms with Crippen LogP contribution in [-0.4, -0.2) is 12.6 Å². The van der Waals surface area contributed by atoms with E-state index in [4.69, 9.17) is 26.8 Å². The fourth-order valence-electron chi connectivity index (χ4n) is 4.40. The maximum atomic E-state index is 13.1. The SMILES string of the molecule is N#CC1=C(N)N(c2ccc(Cl)cc2)C2=C(C(=O)CCC2)[C@@H]1c1ccc2c(c1)OCO2. The molecule has 30 heavy (non-hydrogen) atoms. The van der Waals surface area contributed by atoms with Crippen molar-refractivity contribution in [3.8, 4) is 17.6 Å². The van der Waals surface area contributed by atoms with Crippen LogP contribution in [0.4, 0.5) is 5.69 Å². The minimum absolute atomic E-state index is 0.0399. The second-order valence-corrected chi connectivity index (χ2v) is 7.84. The van der Waals surface area contributed by atoms with E-state index in [9.17, 15) is 10.1 Å². The molecule has 0 spiro atoms. The smallest absolute Gasteiger partial charge is 0.231 e. The Kier molecular flexibility index (Phi) is 4.41. The summed E-state index contributed by atoms with van der Waals surface area (Å²) >= 11 is 6.05. The number of hydrogen-bond acceptors (Lipinski definition) is 6. The Morgan fingerprint density at radius 2 is 1.87 bits per heavy atom.